The molecule has 0 fully saturated rings. The van der Waals surface area contributed by atoms with E-state index in [2.05, 4.69) is 16.7 Å². The molecule has 0 heterocycles. The molecule has 0 saturated carbocycles. The van der Waals surface area contributed by atoms with Gasteiger partial charge in [0, 0.05) is 17.8 Å². The van der Waals surface area contributed by atoms with Gasteiger partial charge in [0.2, 0.25) is 5.90 Å². The molecule has 104 valence electrons. The Labute approximate surface area is 112 Å². The highest BCUT2D eigenvalue weighted by Crippen LogP contribution is 2.34. The van der Waals surface area contributed by atoms with Crippen molar-refractivity contribution in [2.24, 2.45) is 5.16 Å². The van der Waals surface area contributed by atoms with E-state index in [1.807, 2.05) is 13.8 Å². The molecule has 1 N–H and O–H groups in total. The van der Waals surface area contributed by atoms with E-state index < -0.39 is 5.67 Å². The van der Waals surface area contributed by atoms with E-state index in [1.165, 1.54) is 19.9 Å². The maximum absolute atomic E-state index is 14.2. The van der Waals surface area contributed by atoms with Crippen molar-refractivity contribution < 1.29 is 14.0 Å². The Kier molecular flexibility index (Phi) is 4.64. The zero-order valence-corrected chi connectivity index (χ0v) is 11.7. The van der Waals surface area contributed by atoms with Gasteiger partial charge in [-0.2, -0.15) is 0 Å². The second kappa shape index (κ2) is 5.82. The predicted molar refractivity (Wildman–Crippen MR) is 73.8 cm³/mol. The average molecular weight is 266 g/mol. The molecule has 0 amide bonds. The third-order valence-corrected chi connectivity index (χ3v) is 2.40. The Morgan fingerprint density at radius 2 is 2.05 bits per heavy atom. The van der Waals surface area contributed by atoms with Crippen molar-refractivity contribution in [2.75, 3.05) is 0 Å². The lowest BCUT2D eigenvalue weighted by Crippen LogP contribution is -2.16. The second-order valence-electron chi connectivity index (χ2n) is 4.90. The molecule has 1 aromatic carbocycles. The van der Waals surface area contributed by atoms with Crippen LogP contribution in [0.2, 0.25) is 0 Å². The number of benzene rings is 1. The summed E-state index contributed by atoms with van der Waals surface area (Å²) in [6, 6.07) is 4.79. The van der Waals surface area contributed by atoms with E-state index in [0.29, 0.717) is 16.9 Å². The van der Waals surface area contributed by atoms with Crippen LogP contribution in [0.15, 0.2) is 23.4 Å². The predicted octanol–water partition coefficient (Wildman–Crippen LogP) is 3.64. The zero-order chi connectivity index (χ0) is 14.6. The van der Waals surface area contributed by atoms with Crippen molar-refractivity contribution in [2.45, 2.75) is 39.5 Å². The van der Waals surface area contributed by atoms with Crippen molar-refractivity contribution in [3.63, 3.8) is 0 Å². The highest BCUT2D eigenvalue weighted by Gasteiger charge is 2.25. The maximum atomic E-state index is 14.2. The van der Waals surface area contributed by atoms with Gasteiger partial charge in [0.15, 0.2) is 0 Å². The third-order valence-electron chi connectivity index (χ3n) is 2.40. The number of halogens is 1. The number of rotatable bonds is 5. The lowest BCUT2D eigenvalue weighted by molar-refractivity contribution is 0.193. The maximum Gasteiger partial charge on any atom is 0.248 e. The zero-order valence-electron chi connectivity index (χ0n) is 11.7. The summed E-state index contributed by atoms with van der Waals surface area (Å²) in [6.45, 7) is 9.76. The van der Waals surface area contributed by atoms with Gasteiger partial charge in [0.25, 0.3) is 0 Å². The second-order valence-corrected chi connectivity index (χ2v) is 4.90. The first-order valence-corrected chi connectivity index (χ1v) is 5.97. The molecule has 0 saturated heterocycles. The molecule has 5 heteroatoms. The van der Waals surface area contributed by atoms with E-state index in [0.717, 1.165) is 0 Å². The van der Waals surface area contributed by atoms with Gasteiger partial charge < -0.3 is 9.57 Å². The normalized spacial score (nSPS) is 11.3. The standard InChI is InChI=1S/C14H19FN2O2/c1-9(2)18-12-7-6-10(13(16)19-17-5)8-11(12)14(3,4)15/h6-9,16H,5H2,1-4H3. The number of ether oxygens (including phenoxy) is 1. The molecule has 0 radical (unpaired) electrons. The van der Waals surface area contributed by atoms with E-state index in [4.69, 9.17) is 10.1 Å². The third kappa shape index (κ3) is 4.05. The van der Waals surface area contributed by atoms with Crippen LogP contribution < -0.4 is 4.74 Å². The number of nitrogens with zero attached hydrogens (tertiary/aromatic N) is 1. The van der Waals surface area contributed by atoms with Crippen molar-refractivity contribution >= 4 is 12.6 Å². The fourth-order valence-corrected chi connectivity index (χ4v) is 1.61. The monoisotopic (exact) mass is 266 g/mol. The van der Waals surface area contributed by atoms with Crippen LogP contribution in [-0.4, -0.2) is 18.7 Å². The van der Waals surface area contributed by atoms with Crippen molar-refractivity contribution in [1.82, 2.24) is 0 Å². The lowest BCUT2D eigenvalue weighted by atomic mass is 9.96. The molecule has 0 unspecified atom stereocenters. The minimum atomic E-state index is -1.58. The van der Waals surface area contributed by atoms with E-state index in [-0.39, 0.29) is 12.0 Å². The summed E-state index contributed by atoms with van der Waals surface area (Å²) in [5.41, 5.74) is -0.789. The molecule has 1 aromatic rings. The van der Waals surface area contributed by atoms with Gasteiger partial charge in [-0.1, -0.05) is 5.16 Å². The Bertz CT molecular complexity index is 479. The van der Waals surface area contributed by atoms with E-state index >= 15 is 0 Å². The number of hydrogen-bond donors (Lipinski definition) is 1. The topological polar surface area (TPSA) is 54.7 Å². The molecule has 1 rings (SSSR count). The molecule has 19 heavy (non-hydrogen) atoms. The van der Waals surface area contributed by atoms with Crippen LogP contribution in [0.25, 0.3) is 0 Å². The van der Waals surface area contributed by atoms with Crippen LogP contribution in [0, 0.1) is 5.41 Å². The van der Waals surface area contributed by atoms with Crippen LogP contribution >= 0.6 is 0 Å². The Balaban J connectivity index is 3.23. The Hall–Kier alpha value is -1.91. The summed E-state index contributed by atoms with van der Waals surface area (Å²) >= 11 is 0. The Morgan fingerprint density at radius 3 is 2.53 bits per heavy atom. The summed E-state index contributed by atoms with van der Waals surface area (Å²) in [5.74, 6) is 0.280. The van der Waals surface area contributed by atoms with E-state index in [1.54, 1.807) is 12.1 Å². The number of nitrogens with one attached hydrogen (secondary N) is 1. The van der Waals surface area contributed by atoms with Gasteiger partial charge >= 0.3 is 0 Å². The fourth-order valence-electron chi connectivity index (χ4n) is 1.61. The minimum absolute atomic E-state index is 0.0579. The average Bonchev–Trinajstić information content (AvgIpc) is 2.27. The molecule has 0 spiro atoms. The van der Waals surface area contributed by atoms with Crippen molar-refractivity contribution in [1.29, 1.82) is 5.41 Å². The van der Waals surface area contributed by atoms with Crippen LogP contribution in [0.3, 0.4) is 0 Å². The van der Waals surface area contributed by atoms with Gasteiger partial charge in [0.05, 0.1) is 6.10 Å². The molecule has 0 atom stereocenters. The van der Waals surface area contributed by atoms with E-state index in [9.17, 15) is 4.39 Å². The largest absolute Gasteiger partial charge is 0.491 e. The summed E-state index contributed by atoms with van der Waals surface area (Å²) in [5, 5.41) is 10.8. The molecule has 0 aliphatic rings. The van der Waals surface area contributed by atoms with Crippen LogP contribution in [0.5, 0.6) is 5.75 Å². The summed E-state index contributed by atoms with van der Waals surface area (Å²) < 4.78 is 19.8. The summed E-state index contributed by atoms with van der Waals surface area (Å²) in [6.07, 6.45) is -0.0579. The SMILES string of the molecule is C=NOC(=N)c1ccc(OC(C)C)c(C(C)(C)F)c1. The van der Waals surface area contributed by atoms with Crippen LogP contribution in [-0.2, 0) is 10.5 Å². The highest BCUT2D eigenvalue weighted by molar-refractivity contribution is 5.92. The summed E-state index contributed by atoms with van der Waals surface area (Å²) in [7, 11) is 0. The quantitative estimate of drug-likeness (QED) is 0.502. The number of oxime groups is 1. The first-order valence-electron chi connectivity index (χ1n) is 5.97. The molecular formula is C14H19FN2O2. The van der Waals surface area contributed by atoms with Gasteiger partial charge in [-0.25, -0.2) is 4.39 Å². The fraction of sp³-hybridized carbons (Fsp3) is 0.429. The molecule has 0 bridgehead atoms. The van der Waals surface area contributed by atoms with Gasteiger partial charge in [-0.3, -0.25) is 5.41 Å². The van der Waals surface area contributed by atoms with Gasteiger partial charge in [-0.05, 0) is 45.9 Å². The smallest absolute Gasteiger partial charge is 0.248 e. The first kappa shape index (κ1) is 15.1. The van der Waals surface area contributed by atoms with Crippen LogP contribution in [0.4, 0.5) is 4.39 Å². The molecular weight excluding hydrogens is 247 g/mol. The first-order chi connectivity index (χ1) is 8.75. The molecule has 0 aliphatic carbocycles. The lowest BCUT2D eigenvalue weighted by Gasteiger charge is -2.21. The molecule has 0 aliphatic heterocycles. The number of alkyl halides is 1. The number of hydrogen-bond acceptors (Lipinski definition) is 4. The minimum Gasteiger partial charge on any atom is -0.491 e. The van der Waals surface area contributed by atoms with Crippen LogP contribution in [0.1, 0.15) is 38.8 Å². The van der Waals surface area contributed by atoms with Gasteiger partial charge in [0.1, 0.15) is 11.4 Å². The molecule has 4 nitrogen and oxygen atoms in total. The Morgan fingerprint density at radius 1 is 1.42 bits per heavy atom. The molecule has 0 aromatic heterocycles. The van der Waals surface area contributed by atoms with Gasteiger partial charge in [-0.15, -0.1) is 0 Å². The highest BCUT2D eigenvalue weighted by atomic mass is 19.1. The van der Waals surface area contributed by atoms with Crippen molar-refractivity contribution in [3.8, 4) is 5.75 Å². The van der Waals surface area contributed by atoms with Crippen molar-refractivity contribution in [3.05, 3.63) is 29.3 Å². The summed E-state index contributed by atoms with van der Waals surface area (Å²) in [4.78, 5) is 4.65.